The lowest BCUT2D eigenvalue weighted by Gasteiger charge is -2.37. The molecular weight excluding hydrogens is 757 g/mol. The van der Waals surface area contributed by atoms with Gasteiger partial charge in [0.25, 0.3) is 11.8 Å². The average molecular weight is 799 g/mol. The predicted molar refractivity (Wildman–Crippen MR) is 205 cm³/mol. The molecule has 4 aliphatic heterocycles. The quantitative estimate of drug-likeness (QED) is 0.158. The van der Waals surface area contributed by atoms with Crippen molar-refractivity contribution in [3.8, 4) is 5.75 Å². The Morgan fingerprint density at radius 2 is 1.74 bits per heavy atom. The number of aliphatic hydroxyl groups excluding tert-OH is 1. The number of para-hydroxylation sites is 2. The number of benzene rings is 4. The first-order valence-electron chi connectivity index (χ1n) is 18.0. The second kappa shape index (κ2) is 13.5. The van der Waals surface area contributed by atoms with Crippen molar-refractivity contribution >= 4 is 59.1 Å². The maximum Gasteiger partial charge on any atom is 0.269 e. The lowest BCUT2D eigenvalue weighted by Crippen LogP contribution is -2.48. The Kier molecular flexibility index (Phi) is 9.08. The van der Waals surface area contributed by atoms with E-state index in [1.807, 2.05) is 97.9 Å². The van der Waals surface area contributed by atoms with Gasteiger partial charge in [-0.05, 0) is 78.7 Å². The summed E-state index contributed by atoms with van der Waals surface area (Å²) in [7, 11) is -3.54. The SMILES string of the molecule is C[C@@H]1[C@@H]([Si](C)(C)F)[C@H](CC(=O)N2Cc3ccccc3C[C@H]2CO)O[C@@]12C(=O)N(Cc1cccc(N3C(=O)COc4ccccc43)c1)c1ccc(Br)cc12. The van der Waals surface area contributed by atoms with Gasteiger partial charge in [-0.15, -0.1) is 0 Å². The van der Waals surface area contributed by atoms with Gasteiger partial charge in [-0.3, -0.25) is 19.3 Å². The van der Waals surface area contributed by atoms with Crippen LogP contribution in [-0.2, 0) is 44.2 Å². The Balaban J connectivity index is 1.12. The molecule has 1 spiro atoms. The highest BCUT2D eigenvalue weighted by Gasteiger charge is 2.67. The summed E-state index contributed by atoms with van der Waals surface area (Å²) >= 11 is 3.60. The molecule has 53 heavy (non-hydrogen) atoms. The minimum atomic E-state index is -3.54. The lowest BCUT2D eigenvalue weighted by molar-refractivity contribution is -0.151. The van der Waals surface area contributed by atoms with Crippen molar-refractivity contribution in [1.29, 1.82) is 0 Å². The molecule has 0 bridgehead atoms. The number of aliphatic hydroxyl groups is 1. The molecule has 9 nitrogen and oxygen atoms in total. The highest BCUT2D eigenvalue weighted by Crippen LogP contribution is 2.60. The van der Waals surface area contributed by atoms with Crippen LogP contribution in [0.25, 0.3) is 0 Å². The molecule has 0 aromatic heterocycles. The number of nitrogens with zero attached hydrogens (tertiary/aromatic N) is 3. The summed E-state index contributed by atoms with van der Waals surface area (Å²) in [6.45, 7) is 5.37. The minimum Gasteiger partial charge on any atom is -0.482 e. The van der Waals surface area contributed by atoms with Crippen LogP contribution in [0.5, 0.6) is 5.75 Å². The number of ether oxygens (including phenoxy) is 2. The topological polar surface area (TPSA) is 99.6 Å². The van der Waals surface area contributed by atoms with Crippen LogP contribution in [0.2, 0.25) is 18.6 Å². The fourth-order valence-electron chi connectivity index (χ4n) is 9.07. The van der Waals surface area contributed by atoms with E-state index in [1.54, 1.807) is 27.8 Å². The summed E-state index contributed by atoms with van der Waals surface area (Å²) in [4.78, 5) is 47.3. The van der Waals surface area contributed by atoms with Crippen LogP contribution in [0.4, 0.5) is 21.2 Å². The van der Waals surface area contributed by atoms with Crippen molar-refractivity contribution in [3.05, 3.63) is 118 Å². The zero-order valence-corrected chi connectivity index (χ0v) is 32.4. The molecule has 3 amide bonds. The fraction of sp³-hybridized carbons (Fsp3) is 0.341. The van der Waals surface area contributed by atoms with Crippen LogP contribution < -0.4 is 14.5 Å². The van der Waals surface area contributed by atoms with E-state index in [-0.39, 0.29) is 43.9 Å². The summed E-state index contributed by atoms with van der Waals surface area (Å²) in [6.07, 6.45) is -0.435. The Labute approximate surface area is 317 Å². The maximum atomic E-state index is 16.6. The normalized spacial score (nSPS) is 25.0. The summed E-state index contributed by atoms with van der Waals surface area (Å²) < 4.78 is 29.9. The largest absolute Gasteiger partial charge is 0.482 e. The van der Waals surface area contributed by atoms with Gasteiger partial charge >= 0.3 is 0 Å². The van der Waals surface area contributed by atoms with Crippen molar-refractivity contribution in [2.24, 2.45) is 5.92 Å². The molecule has 5 atom stereocenters. The van der Waals surface area contributed by atoms with Crippen LogP contribution >= 0.6 is 15.9 Å². The van der Waals surface area contributed by atoms with Gasteiger partial charge in [-0.2, -0.15) is 0 Å². The summed E-state index contributed by atoms with van der Waals surface area (Å²) in [5, 5.41) is 10.3. The standard InChI is InChI=1S/C41H41BrFN3O6Si/c1-25-39(53(2,3)43)36(20-37(48)44-22-28-11-5-4-10-27(28)18-31(44)23-47)52-41(25)32-19-29(42)15-16-33(32)45(40(41)50)21-26-9-8-12-30(17-26)46-34-13-6-7-14-35(34)51-24-38(46)49/h4-17,19,25,31,36,39,47H,18,20-24H2,1-3H3/t25-,31+,36+,39-,41+/m1/s1. The van der Waals surface area contributed by atoms with Crippen molar-refractivity contribution < 1.29 is 33.1 Å². The third kappa shape index (κ3) is 6.00. The predicted octanol–water partition coefficient (Wildman–Crippen LogP) is 7.16. The minimum absolute atomic E-state index is 0.0867. The molecule has 8 rings (SSSR count). The Morgan fingerprint density at radius 3 is 2.51 bits per heavy atom. The molecule has 12 heteroatoms. The number of fused-ring (bicyclic) bond motifs is 4. The van der Waals surface area contributed by atoms with Gasteiger partial charge in [0.15, 0.2) is 12.2 Å². The van der Waals surface area contributed by atoms with Gasteiger partial charge < -0.3 is 28.5 Å². The van der Waals surface area contributed by atoms with Gasteiger partial charge in [-0.1, -0.05) is 71.4 Å². The molecule has 274 valence electrons. The second-order valence-electron chi connectivity index (χ2n) is 15.0. The number of carbonyl (C=O) groups excluding carboxylic acids is 3. The van der Waals surface area contributed by atoms with E-state index in [1.165, 1.54) is 0 Å². The smallest absolute Gasteiger partial charge is 0.269 e. The molecule has 0 saturated carbocycles. The fourth-order valence-corrected chi connectivity index (χ4v) is 11.9. The van der Waals surface area contributed by atoms with E-state index in [0.29, 0.717) is 41.3 Å². The third-order valence-corrected chi connectivity index (χ3v) is 14.4. The molecular formula is C41H41BrFN3O6Si. The van der Waals surface area contributed by atoms with Gasteiger partial charge in [0.05, 0.1) is 43.1 Å². The summed E-state index contributed by atoms with van der Waals surface area (Å²) in [5.74, 6) is -0.718. The number of rotatable bonds is 7. The first-order chi connectivity index (χ1) is 25.4. The van der Waals surface area contributed by atoms with Gasteiger partial charge in [0.1, 0.15) is 5.75 Å². The molecule has 1 N–H and O–H groups in total. The van der Waals surface area contributed by atoms with E-state index in [2.05, 4.69) is 15.9 Å². The zero-order chi connectivity index (χ0) is 37.2. The molecule has 4 aromatic carbocycles. The molecule has 0 unspecified atom stereocenters. The second-order valence-corrected chi connectivity index (χ2v) is 19.7. The number of amides is 3. The van der Waals surface area contributed by atoms with E-state index >= 15 is 8.90 Å². The van der Waals surface area contributed by atoms with Gasteiger partial charge in [0, 0.05) is 33.7 Å². The van der Waals surface area contributed by atoms with Gasteiger partial charge in [-0.25, -0.2) is 0 Å². The summed E-state index contributed by atoms with van der Waals surface area (Å²) in [5.41, 5.74) is 3.30. The Hall–Kier alpha value is -4.36. The maximum absolute atomic E-state index is 16.6. The number of hydrogen-bond acceptors (Lipinski definition) is 6. The van der Waals surface area contributed by atoms with Crippen LogP contribution in [-0.4, -0.2) is 61.5 Å². The molecule has 1 saturated heterocycles. The van der Waals surface area contributed by atoms with Gasteiger partial charge in [0.2, 0.25) is 14.3 Å². The molecule has 0 radical (unpaired) electrons. The highest BCUT2D eigenvalue weighted by molar-refractivity contribution is 9.10. The third-order valence-electron chi connectivity index (χ3n) is 11.4. The van der Waals surface area contributed by atoms with Crippen LogP contribution in [0, 0.1) is 5.92 Å². The van der Waals surface area contributed by atoms with Crippen molar-refractivity contribution in [3.63, 3.8) is 0 Å². The monoisotopic (exact) mass is 797 g/mol. The first-order valence-corrected chi connectivity index (χ1v) is 21.7. The van der Waals surface area contributed by atoms with E-state index in [9.17, 15) is 14.7 Å². The zero-order valence-electron chi connectivity index (χ0n) is 29.8. The Bertz CT molecular complexity index is 2130. The van der Waals surface area contributed by atoms with Crippen LogP contribution in [0.1, 0.15) is 35.6 Å². The van der Waals surface area contributed by atoms with Crippen molar-refractivity contribution in [2.75, 3.05) is 23.0 Å². The number of anilines is 3. The number of hydrogen-bond donors (Lipinski definition) is 1. The highest BCUT2D eigenvalue weighted by atomic mass is 79.9. The lowest BCUT2D eigenvalue weighted by atomic mass is 9.82. The van der Waals surface area contributed by atoms with Crippen molar-refractivity contribution in [1.82, 2.24) is 4.90 Å². The Morgan fingerprint density at radius 1 is 0.981 bits per heavy atom. The van der Waals surface area contributed by atoms with E-state index in [4.69, 9.17) is 9.47 Å². The summed E-state index contributed by atoms with van der Waals surface area (Å²) in [6, 6.07) is 28.0. The van der Waals surface area contributed by atoms with Crippen LogP contribution in [0.3, 0.4) is 0 Å². The molecule has 4 heterocycles. The average Bonchev–Trinajstić information content (AvgIpc) is 3.56. The molecule has 4 aliphatic rings. The van der Waals surface area contributed by atoms with Crippen LogP contribution in [0.15, 0.2) is 95.5 Å². The van der Waals surface area contributed by atoms with E-state index in [0.717, 1.165) is 21.2 Å². The number of carbonyl (C=O) groups is 3. The van der Waals surface area contributed by atoms with E-state index < -0.39 is 37.6 Å². The molecule has 1 fully saturated rings. The first kappa shape index (κ1) is 35.7. The number of halogens is 2. The van der Waals surface area contributed by atoms with Crippen molar-refractivity contribution in [2.45, 2.75) is 69.2 Å². The molecule has 0 aliphatic carbocycles. The molecule has 4 aromatic rings.